The molecule has 1 aliphatic heterocycles. The van der Waals surface area contributed by atoms with Gasteiger partial charge in [0, 0.05) is 18.3 Å². The molecule has 0 aliphatic carbocycles. The molecular formula is C17H23FN2O4S. The number of benzene rings is 1. The van der Waals surface area contributed by atoms with E-state index in [1.807, 2.05) is 6.92 Å². The third kappa shape index (κ3) is 5.81. The lowest BCUT2D eigenvalue weighted by atomic mass is 10.0. The van der Waals surface area contributed by atoms with E-state index in [0.717, 1.165) is 37.8 Å². The first-order valence-corrected chi connectivity index (χ1v) is 10.2. The van der Waals surface area contributed by atoms with Gasteiger partial charge < -0.3 is 10.2 Å². The first kappa shape index (κ1) is 19.4. The Morgan fingerprint density at radius 2 is 1.88 bits per heavy atom. The highest BCUT2D eigenvalue weighted by molar-refractivity contribution is 7.92. The third-order valence-corrected chi connectivity index (χ3v) is 5.63. The lowest BCUT2D eigenvalue weighted by Crippen LogP contribution is -2.46. The van der Waals surface area contributed by atoms with Crippen molar-refractivity contribution in [1.29, 1.82) is 0 Å². The molecule has 1 unspecified atom stereocenters. The second-order valence-electron chi connectivity index (χ2n) is 6.23. The highest BCUT2D eigenvalue weighted by Crippen LogP contribution is 2.20. The number of anilines is 1. The number of hydrogen-bond donors (Lipinski definition) is 1. The summed E-state index contributed by atoms with van der Waals surface area (Å²) < 4.78 is 37.2. The highest BCUT2D eigenvalue weighted by atomic mass is 32.2. The second kappa shape index (κ2) is 8.42. The number of hydrogen-bond acceptors (Lipinski definition) is 4. The van der Waals surface area contributed by atoms with Gasteiger partial charge in [-0.25, -0.2) is 12.8 Å². The van der Waals surface area contributed by atoms with Gasteiger partial charge in [-0.15, -0.1) is 0 Å². The second-order valence-corrected chi connectivity index (χ2v) is 8.30. The van der Waals surface area contributed by atoms with E-state index in [0.29, 0.717) is 12.2 Å². The molecular weight excluding hydrogens is 347 g/mol. The van der Waals surface area contributed by atoms with Crippen molar-refractivity contribution in [2.75, 3.05) is 23.4 Å². The number of carbonyl (C=O) groups excluding carboxylic acids is 2. The Hall–Kier alpha value is -1.96. The number of halogens is 1. The average molecular weight is 370 g/mol. The summed E-state index contributed by atoms with van der Waals surface area (Å²) in [4.78, 5) is 25.8. The Labute approximate surface area is 147 Å². The van der Waals surface area contributed by atoms with Crippen molar-refractivity contribution in [1.82, 2.24) is 4.90 Å². The van der Waals surface area contributed by atoms with E-state index in [1.54, 1.807) is 4.90 Å². The zero-order valence-electron chi connectivity index (χ0n) is 14.2. The number of carbonyl (C=O) groups is 2. The van der Waals surface area contributed by atoms with Gasteiger partial charge in [-0.05, 0) is 49.9 Å². The number of piperidine rings is 1. The summed E-state index contributed by atoms with van der Waals surface area (Å²) in [6.45, 7) is 2.54. The molecule has 1 saturated heterocycles. The molecule has 0 spiro atoms. The average Bonchev–Trinajstić information content (AvgIpc) is 2.55. The quantitative estimate of drug-likeness (QED) is 0.830. The zero-order chi connectivity index (χ0) is 18.4. The first-order valence-electron chi connectivity index (χ1n) is 8.36. The highest BCUT2D eigenvalue weighted by Gasteiger charge is 2.29. The Morgan fingerprint density at radius 1 is 1.20 bits per heavy atom. The molecule has 138 valence electrons. The van der Waals surface area contributed by atoms with Gasteiger partial charge in [0.15, 0.2) is 9.84 Å². The van der Waals surface area contributed by atoms with Gasteiger partial charge in [0.05, 0.1) is 0 Å². The molecule has 25 heavy (non-hydrogen) atoms. The molecule has 0 bridgehead atoms. The van der Waals surface area contributed by atoms with Crippen LogP contribution in [0.5, 0.6) is 0 Å². The molecule has 1 fully saturated rings. The van der Waals surface area contributed by atoms with Gasteiger partial charge in [0.1, 0.15) is 17.3 Å². The summed E-state index contributed by atoms with van der Waals surface area (Å²) >= 11 is 0. The number of rotatable bonds is 6. The molecule has 1 aliphatic rings. The van der Waals surface area contributed by atoms with Crippen LogP contribution in [-0.2, 0) is 19.4 Å². The molecule has 1 aromatic carbocycles. The van der Waals surface area contributed by atoms with Crippen molar-refractivity contribution < 1.29 is 22.4 Å². The van der Waals surface area contributed by atoms with Crippen molar-refractivity contribution in [3.05, 3.63) is 30.1 Å². The van der Waals surface area contributed by atoms with E-state index in [4.69, 9.17) is 0 Å². The summed E-state index contributed by atoms with van der Waals surface area (Å²) in [5.74, 6) is -3.09. The predicted octanol–water partition coefficient (Wildman–Crippen LogP) is 1.97. The molecule has 6 nitrogen and oxygen atoms in total. The minimum atomic E-state index is -3.87. The van der Waals surface area contributed by atoms with E-state index in [2.05, 4.69) is 5.32 Å². The Balaban J connectivity index is 1.92. The van der Waals surface area contributed by atoms with Gasteiger partial charge in [0.25, 0.3) is 0 Å². The van der Waals surface area contributed by atoms with Crippen LogP contribution < -0.4 is 5.32 Å². The lowest BCUT2D eigenvalue weighted by Gasteiger charge is -2.35. The van der Waals surface area contributed by atoms with E-state index >= 15 is 0 Å². The molecule has 1 atom stereocenters. The smallest absolute Gasteiger partial charge is 0.239 e. The molecule has 8 heteroatoms. The van der Waals surface area contributed by atoms with Crippen LogP contribution in [0, 0.1) is 5.82 Å². The van der Waals surface area contributed by atoms with E-state index in [1.165, 1.54) is 12.1 Å². The number of nitrogens with zero attached hydrogens (tertiary/aromatic N) is 1. The maximum atomic E-state index is 12.8. The lowest BCUT2D eigenvalue weighted by molar-refractivity contribution is -0.132. The van der Waals surface area contributed by atoms with E-state index in [-0.39, 0.29) is 6.04 Å². The molecule has 1 N–H and O–H groups in total. The van der Waals surface area contributed by atoms with Gasteiger partial charge in [-0.1, -0.05) is 6.92 Å². The summed E-state index contributed by atoms with van der Waals surface area (Å²) in [5, 5.41) is 2.39. The molecule has 2 amide bonds. The zero-order valence-corrected chi connectivity index (χ0v) is 15.0. The van der Waals surface area contributed by atoms with Crippen LogP contribution in [-0.4, -0.2) is 49.2 Å². The molecule has 1 aromatic rings. The standard InChI is InChI=1S/C17H23FN2O4S/c1-2-15-5-3-4-10-20(15)17(22)12-25(23,24)11-16(21)19-14-8-6-13(18)7-9-14/h6-9,15H,2-5,10-12H2,1H3,(H,19,21). The van der Waals surface area contributed by atoms with Crippen LogP contribution in [0.25, 0.3) is 0 Å². The predicted molar refractivity (Wildman–Crippen MR) is 93.3 cm³/mol. The number of amides is 2. The summed E-state index contributed by atoms with van der Waals surface area (Å²) in [7, 11) is -3.87. The van der Waals surface area contributed by atoms with Crippen LogP contribution >= 0.6 is 0 Å². The fourth-order valence-electron chi connectivity index (χ4n) is 3.01. The van der Waals surface area contributed by atoms with Gasteiger partial charge in [0.2, 0.25) is 11.8 Å². The first-order chi connectivity index (χ1) is 11.8. The van der Waals surface area contributed by atoms with Gasteiger partial charge >= 0.3 is 0 Å². The number of nitrogens with one attached hydrogen (secondary N) is 1. The normalized spacial score (nSPS) is 18.0. The van der Waals surface area contributed by atoms with Crippen LogP contribution in [0.1, 0.15) is 32.6 Å². The van der Waals surface area contributed by atoms with Crippen molar-refractivity contribution in [3.8, 4) is 0 Å². The largest absolute Gasteiger partial charge is 0.339 e. The van der Waals surface area contributed by atoms with Crippen LogP contribution in [0.3, 0.4) is 0 Å². The molecule has 2 rings (SSSR count). The van der Waals surface area contributed by atoms with Crippen molar-refractivity contribution in [3.63, 3.8) is 0 Å². The van der Waals surface area contributed by atoms with Crippen LogP contribution in [0.2, 0.25) is 0 Å². The topological polar surface area (TPSA) is 83.6 Å². The Bertz CT molecular complexity index is 719. The fraction of sp³-hybridized carbons (Fsp3) is 0.529. The van der Waals surface area contributed by atoms with Gasteiger partial charge in [-0.2, -0.15) is 0 Å². The maximum absolute atomic E-state index is 12.8. The Morgan fingerprint density at radius 3 is 2.52 bits per heavy atom. The van der Waals surface area contributed by atoms with Crippen LogP contribution in [0.15, 0.2) is 24.3 Å². The Kier molecular flexibility index (Phi) is 6.52. The van der Waals surface area contributed by atoms with Crippen LogP contribution in [0.4, 0.5) is 10.1 Å². The summed E-state index contributed by atoms with van der Waals surface area (Å²) in [6.07, 6.45) is 3.58. The minimum absolute atomic E-state index is 0.0736. The molecule has 1 heterocycles. The summed E-state index contributed by atoms with van der Waals surface area (Å²) in [5.41, 5.74) is 0.301. The fourth-order valence-corrected chi connectivity index (χ4v) is 4.12. The third-order valence-electron chi connectivity index (χ3n) is 4.24. The molecule has 0 radical (unpaired) electrons. The van der Waals surface area contributed by atoms with E-state index in [9.17, 15) is 22.4 Å². The monoisotopic (exact) mass is 370 g/mol. The van der Waals surface area contributed by atoms with Crippen molar-refractivity contribution >= 4 is 27.3 Å². The van der Waals surface area contributed by atoms with Crippen molar-refractivity contribution in [2.24, 2.45) is 0 Å². The SMILES string of the molecule is CCC1CCCCN1C(=O)CS(=O)(=O)CC(=O)Nc1ccc(F)cc1. The maximum Gasteiger partial charge on any atom is 0.239 e. The van der Waals surface area contributed by atoms with Gasteiger partial charge in [-0.3, -0.25) is 9.59 Å². The summed E-state index contributed by atoms with van der Waals surface area (Å²) in [6, 6.07) is 5.07. The minimum Gasteiger partial charge on any atom is -0.339 e. The molecule has 0 aromatic heterocycles. The van der Waals surface area contributed by atoms with Crippen molar-refractivity contribution in [2.45, 2.75) is 38.6 Å². The number of likely N-dealkylation sites (tertiary alicyclic amines) is 1. The number of sulfone groups is 1. The van der Waals surface area contributed by atoms with E-state index < -0.39 is 39.0 Å². The molecule has 0 saturated carbocycles.